The van der Waals surface area contributed by atoms with Crippen molar-refractivity contribution in [3.8, 4) is 0 Å². The third kappa shape index (κ3) is 4.58. The van der Waals surface area contributed by atoms with Crippen LogP contribution in [0, 0.1) is 12.7 Å². The number of amides is 1. The summed E-state index contributed by atoms with van der Waals surface area (Å²) in [6.07, 6.45) is 4.78. The molecule has 0 aliphatic carbocycles. The first-order valence-electron chi connectivity index (χ1n) is 11.8. The molecule has 4 heterocycles. The summed E-state index contributed by atoms with van der Waals surface area (Å²) in [6.45, 7) is 10.8. The largest absolute Gasteiger partial charge is 0.367 e. The van der Waals surface area contributed by atoms with Crippen LogP contribution in [-0.4, -0.2) is 63.8 Å². The molecule has 1 aromatic carbocycles. The lowest BCUT2D eigenvalue weighted by Crippen LogP contribution is -2.54. The smallest absolute Gasteiger partial charge is 0.257 e. The van der Waals surface area contributed by atoms with Gasteiger partial charge in [0, 0.05) is 43.6 Å². The second-order valence-electron chi connectivity index (χ2n) is 9.93. The van der Waals surface area contributed by atoms with E-state index in [1.54, 1.807) is 43.1 Å². The zero-order chi connectivity index (χ0) is 25.8. The van der Waals surface area contributed by atoms with Crippen molar-refractivity contribution in [2.75, 3.05) is 36.6 Å². The quantitative estimate of drug-likeness (QED) is 0.406. The van der Waals surface area contributed by atoms with Crippen molar-refractivity contribution in [3.63, 3.8) is 0 Å². The number of hydrogen-bond donors (Lipinski definition) is 2. The van der Waals surface area contributed by atoms with E-state index in [4.69, 9.17) is 4.98 Å². The van der Waals surface area contributed by atoms with E-state index in [9.17, 15) is 13.8 Å². The Bertz CT molecular complexity index is 1540. The standard InChI is InChI=1S/C25H29FN7O2P/c1-14-10-32(11-15(2)28-14)20-7-6-18(22-23(20)31-21(9-27-22)36(4,5)35)25(34)30-17-8-19(26)24-29-16(3)12-33(24)13-17/h6-9,12-15,28H,10-11H2,1-5H3,(H,30,34). The molecule has 0 saturated carbocycles. The van der Waals surface area contributed by atoms with Gasteiger partial charge >= 0.3 is 0 Å². The molecule has 2 unspecified atom stereocenters. The molecule has 188 valence electrons. The van der Waals surface area contributed by atoms with Crippen LogP contribution in [-0.2, 0) is 4.57 Å². The van der Waals surface area contributed by atoms with Gasteiger partial charge in [-0.15, -0.1) is 0 Å². The van der Waals surface area contributed by atoms with E-state index in [0.29, 0.717) is 33.4 Å². The minimum Gasteiger partial charge on any atom is -0.367 e. The van der Waals surface area contributed by atoms with Crippen molar-refractivity contribution in [2.45, 2.75) is 32.9 Å². The number of fused-ring (bicyclic) bond motifs is 2. The van der Waals surface area contributed by atoms with Gasteiger partial charge < -0.3 is 24.5 Å². The number of nitrogens with zero attached hydrogens (tertiary/aromatic N) is 5. The van der Waals surface area contributed by atoms with Crippen molar-refractivity contribution in [3.05, 3.63) is 53.9 Å². The first-order valence-corrected chi connectivity index (χ1v) is 14.4. The van der Waals surface area contributed by atoms with Gasteiger partial charge in [-0.2, -0.15) is 0 Å². The number of pyridine rings is 1. The van der Waals surface area contributed by atoms with Crippen LogP contribution < -0.4 is 21.0 Å². The van der Waals surface area contributed by atoms with Crippen LogP contribution in [0.2, 0.25) is 0 Å². The molecule has 1 fully saturated rings. The molecule has 5 rings (SSSR count). The Balaban J connectivity index is 1.58. The maximum Gasteiger partial charge on any atom is 0.257 e. The van der Waals surface area contributed by atoms with Gasteiger partial charge in [-0.3, -0.25) is 9.78 Å². The fourth-order valence-electron chi connectivity index (χ4n) is 4.74. The molecule has 2 atom stereocenters. The lowest BCUT2D eigenvalue weighted by molar-refractivity contribution is 0.102. The molecule has 1 saturated heterocycles. The molecule has 11 heteroatoms. The van der Waals surface area contributed by atoms with E-state index in [1.807, 2.05) is 6.07 Å². The molecule has 0 spiro atoms. The molecule has 1 amide bonds. The third-order valence-electron chi connectivity index (χ3n) is 6.24. The number of hydrogen-bond acceptors (Lipinski definition) is 7. The fraction of sp³-hybridized carbons (Fsp3) is 0.360. The Hall–Kier alpha value is -3.36. The highest BCUT2D eigenvalue weighted by atomic mass is 31.2. The van der Waals surface area contributed by atoms with Gasteiger partial charge in [0.05, 0.1) is 28.8 Å². The van der Waals surface area contributed by atoms with Gasteiger partial charge in [-0.1, -0.05) is 0 Å². The number of imidazole rings is 1. The summed E-state index contributed by atoms with van der Waals surface area (Å²) in [5.74, 6) is -0.975. The van der Waals surface area contributed by atoms with Crippen molar-refractivity contribution in [2.24, 2.45) is 0 Å². The van der Waals surface area contributed by atoms with Crippen molar-refractivity contribution in [1.29, 1.82) is 0 Å². The average molecular weight is 510 g/mol. The zero-order valence-corrected chi connectivity index (χ0v) is 21.8. The SMILES string of the molecule is Cc1cn2cc(NC(=O)c3ccc(N4CC(C)NC(C)C4)c4nc(P(C)(C)=O)cnc34)cc(F)c2n1. The first kappa shape index (κ1) is 24.3. The maximum atomic E-state index is 14.5. The van der Waals surface area contributed by atoms with Gasteiger partial charge in [0.1, 0.15) is 23.6 Å². The Kier molecular flexibility index (Phi) is 6.04. The molecule has 4 aromatic rings. The summed E-state index contributed by atoms with van der Waals surface area (Å²) in [6, 6.07) is 5.35. The number of anilines is 2. The summed E-state index contributed by atoms with van der Waals surface area (Å²) in [4.78, 5) is 29.0. The van der Waals surface area contributed by atoms with Gasteiger partial charge in [0.25, 0.3) is 5.91 Å². The van der Waals surface area contributed by atoms with Crippen LogP contribution in [0.1, 0.15) is 29.9 Å². The van der Waals surface area contributed by atoms with E-state index < -0.39 is 18.9 Å². The second-order valence-corrected chi connectivity index (χ2v) is 13.1. The van der Waals surface area contributed by atoms with Crippen LogP contribution in [0.5, 0.6) is 0 Å². The molecule has 1 aliphatic heterocycles. The topological polar surface area (TPSA) is 105 Å². The van der Waals surface area contributed by atoms with E-state index in [2.05, 4.69) is 39.3 Å². The highest BCUT2D eigenvalue weighted by molar-refractivity contribution is 7.69. The lowest BCUT2D eigenvalue weighted by Gasteiger charge is -2.38. The van der Waals surface area contributed by atoms with Gasteiger partial charge in [0.2, 0.25) is 0 Å². The van der Waals surface area contributed by atoms with Crippen LogP contribution in [0.4, 0.5) is 15.8 Å². The van der Waals surface area contributed by atoms with E-state index >= 15 is 0 Å². The molecule has 9 nitrogen and oxygen atoms in total. The molecular weight excluding hydrogens is 480 g/mol. The normalized spacial score (nSPS) is 18.7. The molecule has 0 radical (unpaired) electrons. The molecular formula is C25H29FN7O2P. The molecule has 0 bridgehead atoms. The second kappa shape index (κ2) is 8.94. The lowest BCUT2D eigenvalue weighted by atomic mass is 10.1. The number of benzene rings is 1. The van der Waals surface area contributed by atoms with Crippen LogP contribution in [0.3, 0.4) is 0 Å². The number of aryl methyl sites for hydroxylation is 1. The average Bonchev–Trinajstić information content (AvgIpc) is 3.17. The summed E-state index contributed by atoms with van der Waals surface area (Å²) in [5, 5.41) is 6.29. The first-order chi connectivity index (χ1) is 17.0. The Morgan fingerprint density at radius 2 is 1.86 bits per heavy atom. The minimum absolute atomic E-state index is 0.196. The number of carbonyl (C=O) groups excluding carboxylic acids is 1. The Labute approximate surface area is 208 Å². The van der Waals surface area contributed by atoms with E-state index in [-0.39, 0.29) is 17.7 Å². The zero-order valence-electron chi connectivity index (χ0n) is 20.9. The van der Waals surface area contributed by atoms with Crippen LogP contribution in [0.25, 0.3) is 16.7 Å². The van der Waals surface area contributed by atoms with E-state index in [0.717, 1.165) is 18.8 Å². The van der Waals surface area contributed by atoms with Crippen molar-refractivity contribution >= 4 is 46.5 Å². The summed E-state index contributed by atoms with van der Waals surface area (Å²) >= 11 is 0. The minimum atomic E-state index is -2.68. The number of rotatable bonds is 4. The predicted octanol–water partition coefficient (Wildman–Crippen LogP) is 3.41. The Morgan fingerprint density at radius 1 is 1.14 bits per heavy atom. The van der Waals surface area contributed by atoms with Gasteiger partial charge in [-0.25, -0.2) is 14.4 Å². The number of nitrogens with one attached hydrogen (secondary N) is 2. The van der Waals surface area contributed by atoms with Crippen LogP contribution in [0.15, 0.2) is 36.8 Å². The van der Waals surface area contributed by atoms with Crippen molar-refractivity contribution < 1.29 is 13.8 Å². The molecule has 2 N–H and O–H groups in total. The number of piperazine rings is 1. The highest BCUT2D eigenvalue weighted by Crippen LogP contribution is 2.35. The number of aromatic nitrogens is 4. The number of carbonyl (C=O) groups is 1. The maximum absolute atomic E-state index is 14.5. The molecule has 36 heavy (non-hydrogen) atoms. The predicted molar refractivity (Wildman–Crippen MR) is 141 cm³/mol. The third-order valence-corrected chi connectivity index (χ3v) is 7.56. The van der Waals surface area contributed by atoms with Crippen LogP contribution >= 0.6 is 7.14 Å². The highest BCUT2D eigenvalue weighted by Gasteiger charge is 2.26. The summed E-state index contributed by atoms with van der Waals surface area (Å²) < 4.78 is 28.9. The summed E-state index contributed by atoms with van der Waals surface area (Å²) in [5.41, 5.74) is 3.64. The van der Waals surface area contributed by atoms with Gasteiger partial charge in [0.15, 0.2) is 11.5 Å². The van der Waals surface area contributed by atoms with Gasteiger partial charge in [-0.05, 0) is 46.2 Å². The fourth-order valence-corrected chi connectivity index (χ4v) is 5.42. The molecule has 1 aliphatic rings. The van der Waals surface area contributed by atoms with Crippen molar-refractivity contribution in [1.82, 2.24) is 24.7 Å². The van der Waals surface area contributed by atoms with E-state index in [1.165, 1.54) is 12.3 Å². The summed E-state index contributed by atoms with van der Waals surface area (Å²) in [7, 11) is -2.68. The Morgan fingerprint density at radius 3 is 2.56 bits per heavy atom. The molecule has 3 aromatic heterocycles. The monoisotopic (exact) mass is 509 g/mol. The number of halogens is 1.